The van der Waals surface area contributed by atoms with E-state index in [9.17, 15) is 4.39 Å². The Morgan fingerprint density at radius 3 is 2.45 bits per heavy atom. The molecule has 0 atom stereocenters. The van der Waals surface area contributed by atoms with Gasteiger partial charge >= 0.3 is 0 Å². The summed E-state index contributed by atoms with van der Waals surface area (Å²) in [5.41, 5.74) is 2.56. The quantitative estimate of drug-likeness (QED) is 0.830. The summed E-state index contributed by atoms with van der Waals surface area (Å²) >= 11 is 5.95. The summed E-state index contributed by atoms with van der Waals surface area (Å²) in [7, 11) is 0. The zero-order chi connectivity index (χ0) is 14.7. The second-order valence-electron chi connectivity index (χ2n) is 4.58. The Morgan fingerprint density at radius 1 is 1.20 bits per heavy atom. The monoisotopic (exact) mass is 289 g/mol. The van der Waals surface area contributed by atoms with E-state index in [0.717, 1.165) is 11.1 Å². The van der Waals surface area contributed by atoms with Crippen LogP contribution in [0.15, 0.2) is 30.3 Å². The predicted octanol–water partition coefficient (Wildman–Crippen LogP) is 4.55. The fraction of sp³-hybridized carbons (Fsp3) is 0.188. The maximum absolute atomic E-state index is 13.7. The molecule has 0 heterocycles. The minimum absolute atomic E-state index is 0.0741. The first-order valence-corrected chi connectivity index (χ1v) is 6.47. The summed E-state index contributed by atoms with van der Waals surface area (Å²) in [6.45, 7) is 3.84. The summed E-state index contributed by atoms with van der Waals surface area (Å²) in [6.07, 6.45) is 0. The third kappa shape index (κ3) is 3.09. The van der Waals surface area contributed by atoms with Crippen LogP contribution in [0.25, 0.3) is 0 Å². The molecule has 0 aromatic heterocycles. The molecule has 0 saturated carbocycles. The number of nitriles is 1. The van der Waals surface area contributed by atoms with Gasteiger partial charge in [-0.15, -0.1) is 0 Å². The van der Waals surface area contributed by atoms with Crippen LogP contribution in [0.1, 0.15) is 22.3 Å². The van der Waals surface area contributed by atoms with Crippen LogP contribution in [0.5, 0.6) is 5.75 Å². The Balaban J connectivity index is 2.24. The normalized spacial score (nSPS) is 10.2. The molecule has 0 aliphatic carbocycles. The van der Waals surface area contributed by atoms with Gasteiger partial charge in [-0.1, -0.05) is 11.6 Å². The Kier molecular flexibility index (Phi) is 4.26. The predicted molar refractivity (Wildman–Crippen MR) is 76.4 cm³/mol. The van der Waals surface area contributed by atoms with Crippen molar-refractivity contribution in [1.29, 1.82) is 5.26 Å². The van der Waals surface area contributed by atoms with Gasteiger partial charge in [-0.05, 0) is 55.3 Å². The number of aryl methyl sites for hydroxylation is 2. The van der Waals surface area contributed by atoms with Gasteiger partial charge in [0.15, 0.2) is 0 Å². The first-order valence-electron chi connectivity index (χ1n) is 6.09. The first-order chi connectivity index (χ1) is 9.51. The van der Waals surface area contributed by atoms with Crippen molar-refractivity contribution < 1.29 is 9.13 Å². The van der Waals surface area contributed by atoms with E-state index in [1.54, 1.807) is 12.1 Å². The van der Waals surface area contributed by atoms with Gasteiger partial charge in [0.25, 0.3) is 0 Å². The van der Waals surface area contributed by atoms with E-state index in [2.05, 4.69) is 0 Å². The number of hydrogen-bond donors (Lipinski definition) is 0. The van der Waals surface area contributed by atoms with Gasteiger partial charge in [-0.2, -0.15) is 5.26 Å². The van der Waals surface area contributed by atoms with E-state index in [1.165, 1.54) is 18.2 Å². The van der Waals surface area contributed by atoms with Gasteiger partial charge in [0.2, 0.25) is 0 Å². The highest BCUT2D eigenvalue weighted by molar-refractivity contribution is 6.30. The molecule has 0 radical (unpaired) electrons. The average Bonchev–Trinajstić information content (AvgIpc) is 2.39. The lowest BCUT2D eigenvalue weighted by Crippen LogP contribution is -2.01. The van der Waals surface area contributed by atoms with Crippen LogP contribution in [0, 0.1) is 31.0 Å². The average molecular weight is 290 g/mol. The Labute approximate surface area is 122 Å². The molecule has 0 amide bonds. The molecule has 2 rings (SSSR count). The van der Waals surface area contributed by atoms with Crippen LogP contribution in [-0.4, -0.2) is 0 Å². The minimum atomic E-state index is -0.381. The standard InChI is InChI=1S/C16H13ClFNO/c1-10-5-14(17)6-11(2)16(10)20-9-13-7-12(8-19)3-4-15(13)18/h3-7H,9H2,1-2H3. The molecular weight excluding hydrogens is 277 g/mol. The molecule has 2 aromatic rings. The second kappa shape index (κ2) is 5.94. The number of nitrogens with zero attached hydrogens (tertiary/aromatic N) is 1. The van der Waals surface area contributed by atoms with Crippen molar-refractivity contribution in [3.8, 4) is 11.8 Å². The number of rotatable bonds is 3. The highest BCUT2D eigenvalue weighted by atomic mass is 35.5. The summed E-state index contributed by atoms with van der Waals surface area (Å²) in [6, 6.07) is 9.79. The molecule has 0 N–H and O–H groups in total. The van der Waals surface area contributed by atoms with E-state index in [4.69, 9.17) is 21.6 Å². The zero-order valence-electron chi connectivity index (χ0n) is 11.2. The zero-order valence-corrected chi connectivity index (χ0v) is 12.0. The van der Waals surface area contributed by atoms with Crippen molar-refractivity contribution in [2.24, 2.45) is 0 Å². The second-order valence-corrected chi connectivity index (χ2v) is 5.01. The summed E-state index contributed by atoms with van der Waals surface area (Å²) in [4.78, 5) is 0. The SMILES string of the molecule is Cc1cc(Cl)cc(C)c1OCc1cc(C#N)ccc1F. The van der Waals surface area contributed by atoms with E-state index in [-0.39, 0.29) is 12.4 Å². The lowest BCUT2D eigenvalue weighted by Gasteiger charge is -2.13. The van der Waals surface area contributed by atoms with Crippen LogP contribution < -0.4 is 4.74 Å². The van der Waals surface area contributed by atoms with E-state index >= 15 is 0 Å². The third-order valence-corrected chi connectivity index (χ3v) is 3.19. The number of ether oxygens (including phenoxy) is 1. The third-order valence-electron chi connectivity index (χ3n) is 2.97. The molecule has 4 heteroatoms. The smallest absolute Gasteiger partial charge is 0.129 e. The molecule has 2 nitrogen and oxygen atoms in total. The Morgan fingerprint density at radius 2 is 1.85 bits per heavy atom. The molecule has 0 aliphatic heterocycles. The van der Waals surface area contributed by atoms with Gasteiger partial charge in [0, 0.05) is 10.6 Å². The molecule has 0 saturated heterocycles. The van der Waals surface area contributed by atoms with Gasteiger partial charge < -0.3 is 4.74 Å². The molecule has 0 unspecified atom stereocenters. The molecule has 20 heavy (non-hydrogen) atoms. The first kappa shape index (κ1) is 14.4. The number of benzene rings is 2. The maximum atomic E-state index is 13.7. The lowest BCUT2D eigenvalue weighted by molar-refractivity contribution is 0.296. The van der Waals surface area contributed by atoms with E-state index < -0.39 is 0 Å². The van der Waals surface area contributed by atoms with Gasteiger partial charge in [-0.25, -0.2) is 4.39 Å². The minimum Gasteiger partial charge on any atom is -0.488 e. The molecule has 0 aliphatic rings. The van der Waals surface area contributed by atoms with Crippen molar-refractivity contribution in [3.05, 3.63) is 63.4 Å². The number of halogens is 2. The Bertz CT molecular complexity index is 668. The number of hydrogen-bond acceptors (Lipinski definition) is 2. The summed E-state index contributed by atoms with van der Waals surface area (Å²) < 4.78 is 19.3. The fourth-order valence-electron chi connectivity index (χ4n) is 2.03. The van der Waals surface area contributed by atoms with Gasteiger partial charge in [-0.3, -0.25) is 0 Å². The topological polar surface area (TPSA) is 33.0 Å². The largest absolute Gasteiger partial charge is 0.488 e. The van der Waals surface area contributed by atoms with Crippen molar-refractivity contribution in [3.63, 3.8) is 0 Å². The van der Waals surface area contributed by atoms with Gasteiger partial charge in [0.1, 0.15) is 18.2 Å². The van der Waals surface area contributed by atoms with E-state index in [1.807, 2.05) is 19.9 Å². The molecule has 0 bridgehead atoms. The maximum Gasteiger partial charge on any atom is 0.129 e. The van der Waals surface area contributed by atoms with Crippen molar-refractivity contribution in [2.45, 2.75) is 20.5 Å². The molecule has 0 spiro atoms. The van der Waals surface area contributed by atoms with Crippen LogP contribution >= 0.6 is 11.6 Å². The van der Waals surface area contributed by atoms with Crippen molar-refractivity contribution in [1.82, 2.24) is 0 Å². The molecule has 2 aromatic carbocycles. The summed E-state index contributed by atoms with van der Waals surface area (Å²) in [5.74, 6) is 0.310. The molecule has 102 valence electrons. The lowest BCUT2D eigenvalue weighted by atomic mass is 10.1. The Hall–Kier alpha value is -2.05. The van der Waals surface area contributed by atoms with Crippen LogP contribution in [0.2, 0.25) is 5.02 Å². The van der Waals surface area contributed by atoms with Crippen LogP contribution in [0.4, 0.5) is 4.39 Å². The van der Waals surface area contributed by atoms with Crippen molar-refractivity contribution >= 4 is 11.6 Å². The van der Waals surface area contributed by atoms with Crippen LogP contribution in [0.3, 0.4) is 0 Å². The van der Waals surface area contributed by atoms with Gasteiger partial charge in [0.05, 0.1) is 11.6 Å². The van der Waals surface area contributed by atoms with E-state index in [0.29, 0.717) is 21.9 Å². The summed E-state index contributed by atoms with van der Waals surface area (Å²) in [5, 5.41) is 9.47. The highest BCUT2D eigenvalue weighted by Gasteiger charge is 2.09. The fourth-order valence-corrected chi connectivity index (χ4v) is 2.36. The molecular formula is C16H13ClFNO. The highest BCUT2D eigenvalue weighted by Crippen LogP contribution is 2.28. The van der Waals surface area contributed by atoms with Crippen molar-refractivity contribution in [2.75, 3.05) is 0 Å². The van der Waals surface area contributed by atoms with Crippen LogP contribution in [-0.2, 0) is 6.61 Å². The molecule has 0 fully saturated rings.